The molecular formula is C27H23F3N2O3S2. The summed E-state index contributed by atoms with van der Waals surface area (Å²) in [6, 6.07) is 18.4. The Morgan fingerprint density at radius 3 is 2.14 bits per heavy atom. The van der Waals surface area contributed by atoms with Crippen LogP contribution in [0.1, 0.15) is 39.0 Å². The number of aromatic nitrogens is 1. The smallest absolute Gasteiger partial charge is 0.348 e. The second-order valence-electron chi connectivity index (χ2n) is 8.31. The van der Waals surface area contributed by atoms with Gasteiger partial charge in [0.2, 0.25) is 0 Å². The van der Waals surface area contributed by atoms with Gasteiger partial charge in [-0.1, -0.05) is 43.3 Å². The van der Waals surface area contributed by atoms with E-state index >= 15 is 0 Å². The zero-order valence-electron chi connectivity index (χ0n) is 19.7. The Morgan fingerprint density at radius 2 is 1.54 bits per heavy atom. The molecule has 1 amide bonds. The van der Waals surface area contributed by atoms with Crippen LogP contribution in [0.5, 0.6) is 0 Å². The highest BCUT2D eigenvalue weighted by molar-refractivity contribution is 7.91. The van der Waals surface area contributed by atoms with Crippen LogP contribution >= 0.6 is 11.3 Å². The molecule has 0 unspecified atom stereocenters. The molecule has 0 bridgehead atoms. The van der Waals surface area contributed by atoms with Gasteiger partial charge in [-0.3, -0.25) is 4.79 Å². The molecule has 1 aromatic heterocycles. The highest BCUT2D eigenvalue weighted by Crippen LogP contribution is 2.30. The Balaban J connectivity index is 1.35. The summed E-state index contributed by atoms with van der Waals surface area (Å²) < 4.78 is 62.1. The summed E-state index contributed by atoms with van der Waals surface area (Å²) in [5, 5.41) is 5.46. The summed E-state index contributed by atoms with van der Waals surface area (Å²) in [5.41, 5.74) is 2.85. The molecule has 0 aliphatic rings. The van der Waals surface area contributed by atoms with Gasteiger partial charge in [0.05, 0.1) is 26.9 Å². The molecule has 3 aromatic carbocycles. The van der Waals surface area contributed by atoms with Gasteiger partial charge in [-0.05, 0) is 47.5 Å². The van der Waals surface area contributed by atoms with Gasteiger partial charge in [-0.2, -0.15) is 13.2 Å². The van der Waals surface area contributed by atoms with Gasteiger partial charge in [0.25, 0.3) is 5.91 Å². The molecule has 0 saturated carbocycles. The Labute approximate surface area is 216 Å². The van der Waals surface area contributed by atoms with E-state index < -0.39 is 21.6 Å². The van der Waals surface area contributed by atoms with Crippen LogP contribution in [0.25, 0.3) is 11.3 Å². The minimum atomic E-state index is -4.36. The first kappa shape index (κ1) is 26.6. The summed E-state index contributed by atoms with van der Waals surface area (Å²) >= 11 is 1.42. The standard InChI is InChI=1S/C27H23F3N2O3S2/c1-2-37(34,35)23-13-5-19(6-14-23)16-31-26(33)21-9-7-20(8-10-21)24-17-36-25(32-24)15-18-3-11-22(12-4-18)27(28,29)30/h3-14,17H,2,15-16H2,1H3,(H,31,33). The van der Waals surface area contributed by atoms with Crippen molar-refractivity contribution in [3.05, 3.63) is 105 Å². The second kappa shape index (κ2) is 10.9. The first-order valence-corrected chi connectivity index (χ1v) is 13.9. The molecule has 192 valence electrons. The van der Waals surface area contributed by atoms with Gasteiger partial charge >= 0.3 is 6.18 Å². The minimum absolute atomic E-state index is 0.0282. The second-order valence-corrected chi connectivity index (χ2v) is 11.5. The lowest BCUT2D eigenvalue weighted by Gasteiger charge is -2.07. The number of carbonyl (C=O) groups excluding carboxylic acids is 1. The van der Waals surface area contributed by atoms with E-state index in [0.717, 1.165) is 39.5 Å². The number of carbonyl (C=O) groups is 1. The van der Waals surface area contributed by atoms with Crippen LogP contribution in [0.4, 0.5) is 13.2 Å². The van der Waals surface area contributed by atoms with E-state index in [4.69, 9.17) is 0 Å². The van der Waals surface area contributed by atoms with Crippen LogP contribution in [0.15, 0.2) is 83.1 Å². The molecule has 0 aliphatic heterocycles. The Bertz CT molecular complexity index is 1480. The number of nitrogens with one attached hydrogen (secondary N) is 1. The molecule has 10 heteroatoms. The number of hydrogen-bond donors (Lipinski definition) is 1. The summed E-state index contributed by atoms with van der Waals surface area (Å²) in [6.45, 7) is 1.85. The van der Waals surface area contributed by atoms with Gasteiger partial charge in [0.15, 0.2) is 9.84 Å². The highest BCUT2D eigenvalue weighted by Gasteiger charge is 2.29. The average Bonchev–Trinajstić information content (AvgIpc) is 3.36. The summed E-state index contributed by atoms with van der Waals surface area (Å²) in [5.74, 6) is -0.237. The summed E-state index contributed by atoms with van der Waals surface area (Å²) in [7, 11) is -3.27. The molecule has 0 fully saturated rings. The lowest BCUT2D eigenvalue weighted by atomic mass is 10.1. The molecule has 0 saturated heterocycles. The van der Waals surface area contributed by atoms with Crippen molar-refractivity contribution in [3.63, 3.8) is 0 Å². The van der Waals surface area contributed by atoms with Crippen LogP contribution in [-0.2, 0) is 29.0 Å². The highest BCUT2D eigenvalue weighted by atomic mass is 32.2. The molecule has 1 heterocycles. The Hall–Kier alpha value is -3.50. The number of rotatable bonds is 8. The van der Waals surface area contributed by atoms with Crippen molar-refractivity contribution in [2.45, 2.75) is 31.0 Å². The zero-order valence-corrected chi connectivity index (χ0v) is 21.4. The fourth-order valence-corrected chi connectivity index (χ4v) is 5.29. The molecule has 0 spiro atoms. The van der Waals surface area contributed by atoms with Gasteiger partial charge in [0, 0.05) is 29.5 Å². The minimum Gasteiger partial charge on any atom is -0.348 e. The van der Waals surface area contributed by atoms with Crippen molar-refractivity contribution in [2.24, 2.45) is 0 Å². The molecular weight excluding hydrogens is 521 g/mol. The SMILES string of the molecule is CCS(=O)(=O)c1ccc(CNC(=O)c2ccc(-c3csc(Cc4ccc(C(F)(F)F)cc4)n3)cc2)cc1. The van der Waals surface area contributed by atoms with E-state index in [9.17, 15) is 26.4 Å². The number of thiazole rings is 1. The van der Waals surface area contributed by atoms with Gasteiger partial charge in [-0.15, -0.1) is 11.3 Å². The van der Waals surface area contributed by atoms with Crippen molar-refractivity contribution < 1.29 is 26.4 Å². The number of benzene rings is 3. The monoisotopic (exact) mass is 544 g/mol. The van der Waals surface area contributed by atoms with Crippen LogP contribution in [0.3, 0.4) is 0 Å². The third-order valence-electron chi connectivity index (χ3n) is 5.75. The molecule has 4 rings (SSSR count). The normalized spacial score (nSPS) is 11.9. The molecule has 4 aromatic rings. The van der Waals surface area contributed by atoms with Crippen molar-refractivity contribution >= 4 is 27.1 Å². The third kappa shape index (κ3) is 6.64. The largest absolute Gasteiger partial charge is 0.416 e. The average molecular weight is 545 g/mol. The molecule has 0 aliphatic carbocycles. The first-order chi connectivity index (χ1) is 17.5. The van der Waals surface area contributed by atoms with Gasteiger partial charge in [-0.25, -0.2) is 13.4 Å². The van der Waals surface area contributed by atoms with Crippen LogP contribution in [0.2, 0.25) is 0 Å². The lowest BCUT2D eigenvalue weighted by Crippen LogP contribution is -2.22. The topological polar surface area (TPSA) is 76.1 Å². The maximum Gasteiger partial charge on any atom is 0.416 e. The van der Waals surface area contributed by atoms with E-state index in [1.165, 1.54) is 35.6 Å². The van der Waals surface area contributed by atoms with E-state index in [2.05, 4.69) is 10.3 Å². The lowest BCUT2D eigenvalue weighted by molar-refractivity contribution is -0.137. The number of nitrogens with zero attached hydrogens (tertiary/aromatic N) is 1. The van der Waals surface area contributed by atoms with E-state index in [-0.39, 0.29) is 23.1 Å². The van der Waals surface area contributed by atoms with Crippen LogP contribution in [0, 0.1) is 0 Å². The van der Waals surface area contributed by atoms with E-state index in [0.29, 0.717) is 12.0 Å². The number of halogens is 3. The van der Waals surface area contributed by atoms with Crippen LogP contribution in [-0.4, -0.2) is 25.1 Å². The quantitative estimate of drug-likeness (QED) is 0.289. The Kier molecular flexibility index (Phi) is 7.79. The van der Waals surface area contributed by atoms with E-state index in [1.807, 2.05) is 5.38 Å². The van der Waals surface area contributed by atoms with Crippen molar-refractivity contribution in [3.8, 4) is 11.3 Å². The fourth-order valence-electron chi connectivity index (χ4n) is 3.57. The Morgan fingerprint density at radius 1 is 0.919 bits per heavy atom. The third-order valence-corrected chi connectivity index (χ3v) is 8.35. The maximum atomic E-state index is 12.7. The number of alkyl halides is 3. The predicted molar refractivity (Wildman–Crippen MR) is 137 cm³/mol. The van der Waals surface area contributed by atoms with Gasteiger partial charge in [0.1, 0.15) is 0 Å². The number of sulfone groups is 1. The number of amides is 1. The molecule has 37 heavy (non-hydrogen) atoms. The van der Waals surface area contributed by atoms with Crippen LogP contribution < -0.4 is 5.32 Å². The first-order valence-electron chi connectivity index (χ1n) is 11.4. The van der Waals surface area contributed by atoms with Gasteiger partial charge < -0.3 is 5.32 Å². The molecule has 0 radical (unpaired) electrons. The summed E-state index contributed by atoms with van der Waals surface area (Å²) in [6.07, 6.45) is -3.93. The molecule has 1 N–H and O–H groups in total. The van der Waals surface area contributed by atoms with Crippen molar-refractivity contribution in [2.75, 3.05) is 5.75 Å². The van der Waals surface area contributed by atoms with E-state index in [1.54, 1.807) is 43.3 Å². The summed E-state index contributed by atoms with van der Waals surface area (Å²) in [4.78, 5) is 17.4. The maximum absolute atomic E-state index is 12.7. The fraction of sp³-hybridized carbons (Fsp3) is 0.185. The predicted octanol–water partition coefficient (Wildman–Crippen LogP) is 6.14. The molecule has 0 atom stereocenters. The number of hydrogen-bond acceptors (Lipinski definition) is 5. The molecule has 5 nitrogen and oxygen atoms in total. The van der Waals surface area contributed by atoms with Crippen molar-refractivity contribution in [1.29, 1.82) is 0 Å². The van der Waals surface area contributed by atoms with Crippen molar-refractivity contribution in [1.82, 2.24) is 10.3 Å². The zero-order chi connectivity index (χ0) is 26.6.